The minimum Gasteiger partial charge on any atom is -0.496 e. The Labute approximate surface area is 241 Å². The Hall–Kier alpha value is -3.53. The summed E-state index contributed by atoms with van der Waals surface area (Å²) in [6, 6.07) is 10.9. The molecule has 4 aromatic rings. The van der Waals surface area contributed by atoms with Gasteiger partial charge in [0.25, 0.3) is 5.91 Å². The van der Waals surface area contributed by atoms with Crippen molar-refractivity contribution in [3.8, 4) is 39.7 Å². The number of amides is 1. The molecule has 0 aliphatic carbocycles. The zero-order valence-electron chi connectivity index (χ0n) is 22.6. The van der Waals surface area contributed by atoms with Crippen LogP contribution < -0.4 is 9.47 Å². The van der Waals surface area contributed by atoms with Crippen molar-refractivity contribution in [3.63, 3.8) is 0 Å². The summed E-state index contributed by atoms with van der Waals surface area (Å²) in [7, 11) is 3.46. The fourth-order valence-electron chi connectivity index (χ4n) is 5.70. The van der Waals surface area contributed by atoms with Crippen molar-refractivity contribution in [1.29, 1.82) is 0 Å². The van der Waals surface area contributed by atoms with E-state index in [-0.39, 0.29) is 18.2 Å². The minimum atomic E-state index is -0.544. The van der Waals surface area contributed by atoms with Crippen LogP contribution in [0.4, 0.5) is 0 Å². The molecule has 6 rings (SSSR count). The third-order valence-corrected chi connectivity index (χ3v) is 8.03. The molecule has 2 aromatic carbocycles. The number of halogens is 2. The minimum absolute atomic E-state index is 0.140. The quantitative estimate of drug-likeness (QED) is 0.341. The number of carbonyl (C=O) groups is 1. The maximum absolute atomic E-state index is 14.1. The van der Waals surface area contributed by atoms with Crippen LogP contribution in [-0.2, 0) is 13.7 Å². The van der Waals surface area contributed by atoms with E-state index in [1.165, 1.54) is 0 Å². The molecule has 1 fully saturated rings. The van der Waals surface area contributed by atoms with Crippen molar-refractivity contribution in [3.05, 3.63) is 63.9 Å². The van der Waals surface area contributed by atoms with Gasteiger partial charge in [0.15, 0.2) is 5.69 Å². The van der Waals surface area contributed by atoms with Crippen LogP contribution in [0.25, 0.3) is 28.2 Å². The molecule has 2 aromatic heterocycles. The predicted octanol–water partition coefficient (Wildman–Crippen LogP) is 5.52. The van der Waals surface area contributed by atoms with Gasteiger partial charge in [0.05, 0.1) is 30.3 Å². The summed E-state index contributed by atoms with van der Waals surface area (Å²) >= 11 is 12.8. The number of likely N-dealkylation sites (tertiary alicyclic amines) is 1. The van der Waals surface area contributed by atoms with E-state index in [1.54, 1.807) is 39.6 Å². The summed E-state index contributed by atoms with van der Waals surface area (Å²) in [5, 5.41) is 20.6. The van der Waals surface area contributed by atoms with E-state index in [0.29, 0.717) is 57.9 Å². The number of aliphatic hydroxyl groups excluding tert-OH is 1. The average molecular weight is 582 g/mol. The maximum atomic E-state index is 14.1. The van der Waals surface area contributed by atoms with E-state index in [1.807, 2.05) is 45.3 Å². The third-order valence-electron chi connectivity index (χ3n) is 7.59. The van der Waals surface area contributed by atoms with Crippen molar-refractivity contribution >= 4 is 29.1 Å². The van der Waals surface area contributed by atoms with E-state index in [4.69, 9.17) is 37.8 Å². The van der Waals surface area contributed by atoms with Gasteiger partial charge >= 0.3 is 0 Å². The van der Waals surface area contributed by atoms with Gasteiger partial charge in [-0.05, 0) is 57.0 Å². The third kappa shape index (κ3) is 4.52. The Morgan fingerprint density at radius 2 is 1.88 bits per heavy atom. The van der Waals surface area contributed by atoms with E-state index >= 15 is 0 Å². The summed E-state index contributed by atoms with van der Waals surface area (Å²) < 4.78 is 15.3. The Morgan fingerprint density at radius 1 is 1.12 bits per heavy atom. The number of hydrogen-bond donors (Lipinski definition) is 1. The summed E-state index contributed by atoms with van der Waals surface area (Å²) in [5.41, 5.74) is 3.97. The average Bonchev–Trinajstić information content (AvgIpc) is 3.50. The molecule has 40 heavy (non-hydrogen) atoms. The number of fused-ring (bicyclic) bond motifs is 3. The number of aryl methyl sites for hydroxylation is 1. The molecule has 0 radical (unpaired) electrons. The van der Waals surface area contributed by atoms with Gasteiger partial charge in [-0.2, -0.15) is 10.2 Å². The highest BCUT2D eigenvalue weighted by Crippen LogP contribution is 2.46. The molecule has 1 unspecified atom stereocenters. The smallest absolute Gasteiger partial charge is 0.275 e. The molecule has 1 N–H and O–H groups in total. The lowest BCUT2D eigenvalue weighted by Gasteiger charge is -2.44. The van der Waals surface area contributed by atoms with Gasteiger partial charge in [0, 0.05) is 58.1 Å². The second kappa shape index (κ2) is 9.83. The Bertz CT molecular complexity index is 1620. The first kappa shape index (κ1) is 26.7. The summed E-state index contributed by atoms with van der Waals surface area (Å²) in [6.45, 7) is 4.49. The summed E-state index contributed by atoms with van der Waals surface area (Å²) in [5.74, 6) is 0.993. The van der Waals surface area contributed by atoms with Gasteiger partial charge in [-0.3, -0.25) is 9.48 Å². The second-order valence-corrected chi connectivity index (χ2v) is 11.7. The van der Waals surface area contributed by atoms with Crippen molar-refractivity contribution in [2.24, 2.45) is 7.05 Å². The van der Waals surface area contributed by atoms with Gasteiger partial charge in [-0.1, -0.05) is 23.2 Å². The standard InChI is InChI=1S/C29H29Cl2N5O4/c1-29(2)14-19(37)5-8-35(29)28(38)26-22-15-40-25-13-24(39-4)20(23-6-7-34(3)32-23)12-21(25)27(22)36(33-26)18-10-16(30)9-17(31)11-18/h6-7,9-13,19,37H,5,8,14-15H2,1-4H3. The van der Waals surface area contributed by atoms with Crippen molar-refractivity contribution < 1.29 is 19.4 Å². The number of hydrogen-bond acceptors (Lipinski definition) is 6. The van der Waals surface area contributed by atoms with Gasteiger partial charge in [-0.25, -0.2) is 4.68 Å². The number of ether oxygens (including phenoxy) is 2. The van der Waals surface area contributed by atoms with Gasteiger partial charge < -0.3 is 19.5 Å². The highest BCUT2D eigenvalue weighted by molar-refractivity contribution is 6.34. The van der Waals surface area contributed by atoms with Crippen molar-refractivity contribution in [2.75, 3.05) is 13.7 Å². The summed E-state index contributed by atoms with van der Waals surface area (Å²) in [6.07, 6.45) is 2.41. The Kier molecular flexibility index (Phi) is 6.56. The fourth-order valence-corrected chi connectivity index (χ4v) is 6.22. The first-order valence-electron chi connectivity index (χ1n) is 13.0. The lowest BCUT2D eigenvalue weighted by molar-refractivity contribution is 0.00275. The van der Waals surface area contributed by atoms with Crippen molar-refractivity contribution in [2.45, 2.75) is 44.9 Å². The number of methoxy groups -OCH3 is 1. The molecule has 208 valence electrons. The number of aromatic nitrogens is 4. The second-order valence-electron chi connectivity index (χ2n) is 10.8. The lowest BCUT2D eigenvalue weighted by Crippen LogP contribution is -2.54. The Morgan fingerprint density at radius 3 is 2.52 bits per heavy atom. The fraction of sp³-hybridized carbons (Fsp3) is 0.345. The lowest BCUT2D eigenvalue weighted by atomic mass is 9.88. The van der Waals surface area contributed by atoms with Crippen molar-refractivity contribution in [1.82, 2.24) is 24.5 Å². The molecule has 0 spiro atoms. The van der Waals surface area contributed by atoms with Crippen LogP contribution in [0.1, 0.15) is 42.7 Å². The van der Waals surface area contributed by atoms with Gasteiger partial charge in [-0.15, -0.1) is 0 Å². The maximum Gasteiger partial charge on any atom is 0.275 e. The number of piperidine rings is 1. The highest BCUT2D eigenvalue weighted by atomic mass is 35.5. The largest absolute Gasteiger partial charge is 0.496 e. The SMILES string of the molecule is COc1cc2c(cc1-c1ccn(C)n1)-c1c(c(C(=O)N3CCC(O)CC3(C)C)nn1-c1cc(Cl)cc(Cl)c1)CO2. The molecule has 9 nitrogen and oxygen atoms in total. The monoisotopic (exact) mass is 581 g/mol. The van der Waals surface area contributed by atoms with E-state index < -0.39 is 11.6 Å². The van der Waals surface area contributed by atoms with Crippen LogP contribution >= 0.6 is 23.2 Å². The molecular formula is C29H29Cl2N5O4. The molecule has 2 aliphatic heterocycles. The predicted molar refractivity (Wildman–Crippen MR) is 152 cm³/mol. The van der Waals surface area contributed by atoms with Crippen LogP contribution in [0.3, 0.4) is 0 Å². The van der Waals surface area contributed by atoms with Gasteiger partial charge in [0.1, 0.15) is 18.1 Å². The van der Waals surface area contributed by atoms with Crippen LogP contribution in [0.5, 0.6) is 11.5 Å². The van der Waals surface area contributed by atoms with Crippen LogP contribution in [0.2, 0.25) is 10.0 Å². The first-order chi connectivity index (χ1) is 19.1. The zero-order valence-corrected chi connectivity index (χ0v) is 24.1. The molecular weight excluding hydrogens is 553 g/mol. The van der Waals surface area contributed by atoms with Crippen LogP contribution in [0.15, 0.2) is 42.6 Å². The summed E-state index contributed by atoms with van der Waals surface area (Å²) in [4.78, 5) is 15.9. The van der Waals surface area contributed by atoms with E-state index in [0.717, 1.165) is 16.8 Å². The number of benzene rings is 2. The number of rotatable bonds is 4. The first-order valence-corrected chi connectivity index (χ1v) is 13.7. The molecule has 1 amide bonds. The molecule has 2 aliphatic rings. The Balaban J connectivity index is 1.58. The number of nitrogens with zero attached hydrogens (tertiary/aromatic N) is 5. The molecule has 11 heteroatoms. The number of aliphatic hydroxyl groups is 1. The van der Waals surface area contributed by atoms with Crippen LogP contribution in [0, 0.1) is 0 Å². The van der Waals surface area contributed by atoms with E-state index in [9.17, 15) is 9.90 Å². The van der Waals surface area contributed by atoms with Gasteiger partial charge in [0.2, 0.25) is 0 Å². The molecule has 1 saturated heterocycles. The zero-order chi connectivity index (χ0) is 28.3. The molecule has 4 heterocycles. The van der Waals surface area contributed by atoms with Crippen LogP contribution in [-0.4, -0.2) is 60.8 Å². The highest BCUT2D eigenvalue weighted by Gasteiger charge is 2.41. The normalized spacial score (nSPS) is 17.7. The topological polar surface area (TPSA) is 94.6 Å². The number of carbonyl (C=O) groups excluding carboxylic acids is 1. The molecule has 1 atom stereocenters. The molecule has 0 bridgehead atoms. The van der Waals surface area contributed by atoms with E-state index in [2.05, 4.69) is 5.10 Å². The molecule has 0 saturated carbocycles.